The van der Waals surface area contributed by atoms with Crippen LogP contribution in [0.4, 0.5) is 0 Å². The Labute approximate surface area is 142 Å². The van der Waals surface area contributed by atoms with E-state index in [0.717, 1.165) is 5.56 Å². The summed E-state index contributed by atoms with van der Waals surface area (Å²) in [5.41, 5.74) is 0.0728. The predicted octanol–water partition coefficient (Wildman–Crippen LogP) is 1.38. The molecule has 2 rings (SSSR count). The molecule has 1 amide bonds. The average molecular weight is 331 g/mol. The third-order valence-electron chi connectivity index (χ3n) is 3.78. The average Bonchev–Trinajstić information content (AvgIpc) is 2.95. The van der Waals surface area contributed by atoms with Crippen molar-refractivity contribution in [1.82, 2.24) is 25.1 Å². The van der Waals surface area contributed by atoms with E-state index < -0.39 is 11.6 Å². The van der Waals surface area contributed by atoms with Crippen LogP contribution in [0.5, 0.6) is 0 Å². The summed E-state index contributed by atoms with van der Waals surface area (Å²) in [5.74, 6) is 0.488. The Morgan fingerprint density at radius 1 is 1.33 bits per heavy atom. The van der Waals surface area contributed by atoms with Crippen LogP contribution in [0.3, 0.4) is 0 Å². The fourth-order valence-electron chi connectivity index (χ4n) is 2.67. The normalized spacial score (nSPS) is 12.9. The molecule has 2 aromatic rings. The molecule has 0 aliphatic carbocycles. The molecule has 1 unspecified atom stereocenters. The number of aliphatic hydroxyl groups is 1. The third-order valence-corrected chi connectivity index (χ3v) is 3.78. The van der Waals surface area contributed by atoms with Gasteiger partial charge >= 0.3 is 0 Å². The van der Waals surface area contributed by atoms with Crippen molar-refractivity contribution in [3.8, 4) is 0 Å². The van der Waals surface area contributed by atoms with Crippen molar-refractivity contribution in [2.24, 2.45) is 0 Å². The van der Waals surface area contributed by atoms with Crippen LogP contribution in [0.1, 0.15) is 38.2 Å². The highest BCUT2D eigenvalue weighted by Crippen LogP contribution is 2.19. The van der Waals surface area contributed by atoms with Crippen LogP contribution in [0, 0.1) is 6.92 Å². The predicted molar refractivity (Wildman–Crippen MR) is 90.3 cm³/mol. The van der Waals surface area contributed by atoms with E-state index in [1.54, 1.807) is 30.4 Å². The van der Waals surface area contributed by atoms with Gasteiger partial charge in [0.25, 0.3) is 0 Å². The Kier molecular flexibility index (Phi) is 5.66. The lowest BCUT2D eigenvalue weighted by molar-refractivity contribution is -0.138. The van der Waals surface area contributed by atoms with Gasteiger partial charge in [-0.1, -0.05) is 30.3 Å². The molecule has 0 bridgehead atoms. The van der Waals surface area contributed by atoms with Gasteiger partial charge in [-0.3, -0.25) is 4.79 Å². The molecule has 0 aliphatic rings. The van der Waals surface area contributed by atoms with Gasteiger partial charge in [0.15, 0.2) is 0 Å². The fourth-order valence-corrected chi connectivity index (χ4v) is 2.67. The van der Waals surface area contributed by atoms with E-state index in [0.29, 0.717) is 18.8 Å². The maximum absolute atomic E-state index is 13.1. The molecule has 1 N–H and O–H groups in total. The second kappa shape index (κ2) is 7.53. The highest BCUT2D eigenvalue weighted by Gasteiger charge is 2.30. The van der Waals surface area contributed by atoms with Crippen molar-refractivity contribution in [3.63, 3.8) is 0 Å². The number of carbonyl (C=O) groups excluding carboxylic acids is 1. The van der Waals surface area contributed by atoms with Gasteiger partial charge in [-0.25, -0.2) is 4.68 Å². The van der Waals surface area contributed by atoms with Crippen LogP contribution in [-0.2, 0) is 11.2 Å². The summed E-state index contributed by atoms with van der Waals surface area (Å²) < 4.78 is 1.56. The Hall–Kier alpha value is -2.28. The monoisotopic (exact) mass is 331 g/mol. The molecule has 7 nitrogen and oxygen atoms in total. The molecule has 24 heavy (non-hydrogen) atoms. The summed E-state index contributed by atoms with van der Waals surface area (Å²) in [5, 5.41) is 21.6. The summed E-state index contributed by atoms with van der Waals surface area (Å²) in [6.45, 7) is 7.83. The van der Waals surface area contributed by atoms with E-state index in [-0.39, 0.29) is 12.5 Å². The molecule has 130 valence electrons. The Balaban J connectivity index is 2.31. The summed E-state index contributed by atoms with van der Waals surface area (Å²) in [4.78, 5) is 14.8. The standard InChI is InChI=1S/C17H25N5O2/c1-5-21(12-17(3,4)24)16(23)15(22-13(2)18-19-20-22)11-14-9-7-6-8-10-14/h6-10,15,24H,5,11-12H2,1-4H3. The second-order valence-electron chi connectivity index (χ2n) is 6.54. The largest absolute Gasteiger partial charge is 0.389 e. The Morgan fingerprint density at radius 3 is 2.50 bits per heavy atom. The molecular weight excluding hydrogens is 306 g/mol. The van der Waals surface area contributed by atoms with Gasteiger partial charge in [0.05, 0.1) is 5.60 Å². The van der Waals surface area contributed by atoms with E-state index in [1.165, 1.54) is 0 Å². The number of benzene rings is 1. The molecule has 0 aliphatic heterocycles. The van der Waals surface area contributed by atoms with Gasteiger partial charge < -0.3 is 10.0 Å². The Morgan fingerprint density at radius 2 is 2.00 bits per heavy atom. The molecule has 1 heterocycles. The number of rotatable bonds is 7. The first-order valence-corrected chi connectivity index (χ1v) is 8.11. The number of carbonyl (C=O) groups is 1. The van der Waals surface area contributed by atoms with Gasteiger partial charge in [-0.15, -0.1) is 5.10 Å². The minimum atomic E-state index is -0.960. The van der Waals surface area contributed by atoms with E-state index in [1.807, 2.05) is 37.3 Å². The van der Waals surface area contributed by atoms with Gasteiger partial charge in [-0.05, 0) is 43.7 Å². The number of tetrazole rings is 1. The zero-order valence-corrected chi connectivity index (χ0v) is 14.7. The zero-order chi connectivity index (χ0) is 17.7. The number of likely N-dealkylation sites (N-methyl/N-ethyl adjacent to an activating group) is 1. The number of hydrogen-bond acceptors (Lipinski definition) is 5. The van der Waals surface area contributed by atoms with Crippen LogP contribution < -0.4 is 0 Å². The number of amides is 1. The number of nitrogens with zero attached hydrogens (tertiary/aromatic N) is 5. The topological polar surface area (TPSA) is 84.1 Å². The first-order chi connectivity index (χ1) is 11.3. The van der Waals surface area contributed by atoms with Crippen molar-refractivity contribution in [2.45, 2.75) is 45.8 Å². The maximum Gasteiger partial charge on any atom is 0.248 e. The summed E-state index contributed by atoms with van der Waals surface area (Å²) in [6.07, 6.45) is 0.494. The molecule has 0 radical (unpaired) electrons. The molecule has 0 saturated carbocycles. The van der Waals surface area contributed by atoms with E-state index >= 15 is 0 Å². The van der Waals surface area contributed by atoms with E-state index in [4.69, 9.17) is 0 Å². The van der Waals surface area contributed by atoms with Crippen LogP contribution in [0.2, 0.25) is 0 Å². The zero-order valence-electron chi connectivity index (χ0n) is 14.7. The number of aryl methyl sites for hydroxylation is 1. The van der Waals surface area contributed by atoms with Crippen LogP contribution >= 0.6 is 0 Å². The lowest BCUT2D eigenvalue weighted by Gasteiger charge is -2.31. The maximum atomic E-state index is 13.1. The summed E-state index contributed by atoms with van der Waals surface area (Å²) >= 11 is 0. The fraction of sp³-hybridized carbons (Fsp3) is 0.529. The summed E-state index contributed by atoms with van der Waals surface area (Å²) in [6, 6.07) is 9.24. The van der Waals surface area contributed by atoms with Crippen LogP contribution in [0.25, 0.3) is 0 Å². The third kappa shape index (κ3) is 4.61. The van der Waals surface area contributed by atoms with Gasteiger partial charge in [-0.2, -0.15) is 0 Å². The smallest absolute Gasteiger partial charge is 0.248 e. The van der Waals surface area contributed by atoms with Crippen molar-refractivity contribution < 1.29 is 9.90 Å². The van der Waals surface area contributed by atoms with Gasteiger partial charge in [0, 0.05) is 19.5 Å². The van der Waals surface area contributed by atoms with Crippen LogP contribution in [0.15, 0.2) is 30.3 Å². The molecule has 0 fully saturated rings. The molecule has 7 heteroatoms. The van der Waals surface area contributed by atoms with Crippen molar-refractivity contribution in [3.05, 3.63) is 41.7 Å². The van der Waals surface area contributed by atoms with Gasteiger partial charge in [0.1, 0.15) is 11.9 Å². The molecular formula is C17H25N5O2. The minimum Gasteiger partial charge on any atom is -0.389 e. The SMILES string of the molecule is CCN(CC(C)(C)O)C(=O)C(Cc1ccccc1)n1nnnc1C. The first-order valence-electron chi connectivity index (χ1n) is 8.11. The number of hydrogen-bond donors (Lipinski definition) is 1. The quantitative estimate of drug-likeness (QED) is 0.829. The van der Waals surface area contributed by atoms with Crippen molar-refractivity contribution >= 4 is 5.91 Å². The van der Waals surface area contributed by atoms with E-state index in [9.17, 15) is 9.90 Å². The second-order valence-corrected chi connectivity index (χ2v) is 6.54. The lowest BCUT2D eigenvalue weighted by atomic mass is 10.0. The van der Waals surface area contributed by atoms with Crippen molar-refractivity contribution in [1.29, 1.82) is 0 Å². The molecule has 0 saturated heterocycles. The van der Waals surface area contributed by atoms with Crippen LogP contribution in [-0.4, -0.2) is 54.8 Å². The molecule has 1 aromatic heterocycles. The Bertz CT molecular complexity index is 663. The first kappa shape index (κ1) is 18.1. The lowest BCUT2D eigenvalue weighted by Crippen LogP contribution is -2.45. The minimum absolute atomic E-state index is 0.0983. The molecule has 1 atom stereocenters. The van der Waals surface area contributed by atoms with Crippen molar-refractivity contribution in [2.75, 3.05) is 13.1 Å². The summed E-state index contributed by atoms with van der Waals surface area (Å²) in [7, 11) is 0. The highest BCUT2D eigenvalue weighted by molar-refractivity contribution is 5.80. The number of aromatic nitrogens is 4. The molecule has 0 spiro atoms. The van der Waals surface area contributed by atoms with Gasteiger partial charge in [0.2, 0.25) is 5.91 Å². The molecule has 1 aromatic carbocycles. The van der Waals surface area contributed by atoms with E-state index in [2.05, 4.69) is 15.5 Å². The highest BCUT2D eigenvalue weighted by atomic mass is 16.3.